The Bertz CT molecular complexity index is 889. The zero-order valence-electron chi connectivity index (χ0n) is 17.7. The van der Waals surface area contributed by atoms with Crippen LogP contribution in [0.15, 0.2) is 36.5 Å². The fourth-order valence-electron chi connectivity index (χ4n) is 5.46. The van der Waals surface area contributed by atoms with Crippen LogP contribution in [0.2, 0.25) is 0 Å². The highest BCUT2D eigenvalue weighted by atomic mass is 16.5. The standard InChI is InChI=1S/C24H31N3O2/c1-17-25-11-8-18(26-17)15-27-12-9-24(10-13-27)14-20-22(28-16-24)19-6-4-5-7-21(19)29-23(20,2)3/h4-8,11,20,22H,9-10,12-16H2,1-3H3/t20-,22+/m0/s1. The van der Waals surface area contributed by atoms with E-state index in [0.717, 1.165) is 43.5 Å². The zero-order chi connectivity index (χ0) is 20.1. The van der Waals surface area contributed by atoms with E-state index < -0.39 is 0 Å². The Morgan fingerprint density at radius 3 is 2.72 bits per heavy atom. The summed E-state index contributed by atoms with van der Waals surface area (Å²) in [6.45, 7) is 10.4. The largest absolute Gasteiger partial charge is 0.487 e. The van der Waals surface area contributed by atoms with Crippen molar-refractivity contribution in [3.05, 3.63) is 53.6 Å². The van der Waals surface area contributed by atoms with E-state index >= 15 is 0 Å². The van der Waals surface area contributed by atoms with Gasteiger partial charge >= 0.3 is 0 Å². The van der Waals surface area contributed by atoms with Crippen LogP contribution in [-0.4, -0.2) is 40.2 Å². The van der Waals surface area contributed by atoms with Crippen LogP contribution in [0.4, 0.5) is 0 Å². The Balaban J connectivity index is 1.28. The predicted molar refractivity (Wildman–Crippen MR) is 112 cm³/mol. The number of piperidine rings is 1. The molecule has 0 aliphatic carbocycles. The van der Waals surface area contributed by atoms with Crippen molar-refractivity contribution < 1.29 is 9.47 Å². The quantitative estimate of drug-likeness (QED) is 0.761. The van der Waals surface area contributed by atoms with Gasteiger partial charge in [-0.3, -0.25) is 4.90 Å². The van der Waals surface area contributed by atoms with Gasteiger partial charge in [-0.15, -0.1) is 0 Å². The Hall–Kier alpha value is -1.98. The number of fused-ring (bicyclic) bond motifs is 3. The minimum absolute atomic E-state index is 0.155. The highest BCUT2D eigenvalue weighted by Gasteiger charge is 2.52. The van der Waals surface area contributed by atoms with E-state index in [-0.39, 0.29) is 17.1 Å². The summed E-state index contributed by atoms with van der Waals surface area (Å²) in [7, 11) is 0. The van der Waals surface area contributed by atoms with Crippen molar-refractivity contribution in [1.82, 2.24) is 14.9 Å². The number of para-hydroxylation sites is 1. The maximum atomic E-state index is 6.59. The van der Waals surface area contributed by atoms with Crippen molar-refractivity contribution in [1.29, 1.82) is 0 Å². The highest BCUT2D eigenvalue weighted by molar-refractivity contribution is 5.39. The third kappa shape index (κ3) is 3.55. The van der Waals surface area contributed by atoms with Crippen molar-refractivity contribution in [3.63, 3.8) is 0 Å². The van der Waals surface area contributed by atoms with E-state index in [2.05, 4.69) is 53.0 Å². The first-order chi connectivity index (χ1) is 13.9. The molecule has 0 saturated carbocycles. The number of nitrogens with zero attached hydrogens (tertiary/aromatic N) is 3. The minimum atomic E-state index is -0.206. The Morgan fingerprint density at radius 2 is 1.93 bits per heavy atom. The van der Waals surface area contributed by atoms with Gasteiger partial charge in [0.15, 0.2) is 0 Å². The summed E-state index contributed by atoms with van der Waals surface area (Å²) in [5, 5.41) is 0. The maximum Gasteiger partial charge on any atom is 0.125 e. The molecular weight excluding hydrogens is 362 g/mol. The van der Waals surface area contributed by atoms with Crippen molar-refractivity contribution in [2.45, 2.75) is 58.3 Å². The Kier molecular flexibility index (Phi) is 4.63. The molecule has 2 aromatic rings. The fourth-order valence-corrected chi connectivity index (χ4v) is 5.46. The van der Waals surface area contributed by atoms with E-state index in [1.54, 1.807) is 0 Å². The lowest BCUT2D eigenvalue weighted by Crippen LogP contribution is -2.54. The second-order valence-corrected chi connectivity index (χ2v) is 9.66. The first-order valence-electron chi connectivity index (χ1n) is 10.8. The molecule has 1 spiro atoms. The molecule has 0 amide bonds. The van der Waals surface area contributed by atoms with Gasteiger partial charge < -0.3 is 9.47 Å². The molecule has 5 rings (SSSR count). The molecule has 29 heavy (non-hydrogen) atoms. The van der Waals surface area contributed by atoms with Gasteiger partial charge in [-0.1, -0.05) is 18.2 Å². The third-order valence-corrected chi connectivity index (χ3v) is 7.21. The van der Waals surface area contributed by atoms with Crippen molar-refractivity contribution in [2.75, 3.05) is 19.7 Å². The number of hydrogen-bond donors (Lipinski definition) is 0. The van der Waals surface area contributed by atoms with Crippen molar-refractivity contribution in [3.8, 4) is 5.75 Å². The molecule has 0 bridgehead atoms. The maximum absolute atomic E-state index is 6.59. The molecule has 3 aliphatic rings. The molecule has 2 fully saturated rings. The van der Waals surface area contributed by atoms with Gasteiger partial charge in [0.05, 0.1) is 18.4 Å². The number of benzene rings is 1. The second kappa shape index (κ2) is 7.06. The molecule has 5 heteroatoms. The van der Waals surface area contributed by atoms with E-state index in [1.807, 2.05) is 19.2 Å². The van der Waals surface area contributed by atoms with Crippen LogP contribution in [0.3, 0.4) is 0 Å². The van der Waals surface area contributed by atoms with Crippen LogP contribution in [0.25, 0.3) is 0 Å². The normalized spacial score (nSPS) is 27.7. The van der Waals surface area contributed by atoms with Gasteiger partial charge in [0.2, 0.25) is 0 Å². The average Bonchev–Trinajstić information content (AvgIpc) is 2.70. The molecule has 1 aromatic carbocycles. The van der Waals surface area contributed by atoms with Gasteiger partial charge in [-0.05, 0) is 70.7 Å². The summed E-state index contributed by atoms with van der Waals surface area (Å²) in [4.78, 5) is 11.3. The average molecular weight is 394 g/mol. The van der Waals surface area contributed by atoms with Gasteiger partial charge in [0, 0.05) is 24.2 Å². The van der Waals surface area contributed by atoms with Gasteiger partial charge in [-0.25, -0.2) is 9.97 Å². The predicted octanol–water partition coefficient (Wildman–Crippen LogP) is 4.32. The molecular formula is C24H31N3O2. The van der Waals surface area contributed by atoms with Gasteiger partial charge in [-0.2, -0.15) is 0 Å². The lowest BCUT2D eigenvalue weighted by atomic mass is 9.64. The first kappa shape index (κ1) is 19.0. The van der Waals surface area contributed by atoms with E-state index in [0.29, 0.717) is 5.92 Å². The molecule has 4 heterocycles. The molecule has 1 aromatic heterocycles. The SMILES string of the molecule is Cc1nccc(CN2CCC3(CC2)CO[C@@H]2c4ccccc4OC(C)(C)[C@H]2C3)n1. The van der Waals surface area contributed by atoms with E-state index in [4.69, 9.17) is 9.47 Å². The van der Waals surface area contributed by atoms with E-state index in [1.165, 1.54) is 24.8 Å². The summed E-state index contributed by atoms with van der Waals surface area (Å²) in [6, 6.07) is 10.4. The molecule has 3 aliphatic heterocycles. The van der Waals surface area contributed by atoms with Crippen LogP contribution in [0.1, 0.15) is 56.3 Å². The summed E-state index contributed by atoms with van der Waals surface area (Å²) >= 11 is 0. The van der Waals surface area contributed by atoms with Crippen LogP contribution >= 0.6 is 0 Å². The Morgan fingerprint density at radius 1 is 1.14 bits per heavy atom. The number of hydrogen-bond acceptors (Lipinski definition) is 5. The number of rotatable bonds is 2. The molecule has 2 atom stereocenters. The van der Waals surface area contributed by atoms with E-state index in [9.17, 15) is 0 Å². The molecule has 5 nitrogen and oxygen atoms in total. The van der Waals surface area contributed by atoms with Gasteiger partial charge in [0.25, 0.3) is 0 Å². The molecule has 0 N–H and O–H groups in total. The van der Waals surface area contributed by atoms with Crippen LogP contribution < -0.4 is 4.74 Å². The zero-order valence-corrected chi connectivity index (χ0v) is 17.7. The molecule has 2 saturated heterocycles. The van der Waals surface area contributed by atoms with Crippen LogP contribution in [0, 0.1) is 18.3 Å². The monoisotopic (exact) mass is 393 g/mol. The second-order valence-electron chi connectivity index (χ2n) is 9.66. The molecule has 154 valence electrons. The number of aromatic nitrogens is 2. The number of aryl methyl sites for hydroxylation is 1. The number of ether oxygens (including phenoxy) is 2. The van der Waals surface area contributed by atoms with Gasteiger partial charge in [0.1, 0.15) is 17.2 Å². The number of likely N-dealkylation sites (tertiary alicyclic amines) is 1. The highest BCUT2D eigenvalue weighted by Crippen LogP contribution is 2.55. The third-order valence-electron chi connectivity index (χ3n) is 7.21. The van der Waals surface area contributed by atoms with Crippen LogP contribution in [0.5, 0.6) is 5.75 Å². The molecule has 0 unspecified atom stereocenters. The van der Waals surface area contributed by atoms with Crippen molar-refractivity contribution >= 4 is 0 Å². The smallest absolute Gasteiger partial charge is 0.125 e. The molecule has 0 radical (unpaired) electrons. The minimum Gasteiger partial charge on any atom is -0.487 e. The first-order valence-corrected chi connectivity index (χ1v) is 10.8. The Labute approximate surface area is 173 Å². The fraction of sp³-hybridized carbons (Fsp3) is 0.583. The lowest BCUT2D eigenvalue weighted by Gasteiger charge is -2.54. The lowest BCUT2D eigenvalue weighted by molar-refractivity contribution is -0.174. The summed E-state index contributed by atoms with van der Waals surface area (Å²) in [6.07, 6.45) is 5.55. The topological polar surface area (TPSA) is 47.5 Å². The summed E-state index contributed by atoms with van der Waals surface area (Å²) in [5.74, 6) is 2.23. The van der Waals surface area contributed by atoms with Crippen molar-refractivity contribution in [2.24, 2.45) is 11.3 Å². The van der Waals surface area contributed by atoms with Crippen LogP contribution in [-0.2, 0) is 11.3 Å². The summed E-state index contributed by atoms with van der Waals surface area (Å²) < 4.78 is 13.0. The summed E-state index contributed by atoms with van der Waals surface area (Å²) in [5.41, 5.74) is 2.41.